The molecule has 1 aromatic heterocycles. The number of nitrogens with one attached hydrogen (secondary N) is 1. The van der Waals surface area contributed by atoms with Crippen LogP contribution in [-0.2, 0) is 32.8 Å². The fourth-order valence-corrected chi connectivity index (χ4v) is 4.59. The van der Waals surface area contributed by atoms with Gasteiger partial charge in [-0.25, -0.2) is 0 Å². The molecule has 0 aliphatic carbocycles. The molecular weight excluding hydrogens is 416 g/mol. The van der Waals surface area contributed by atoms with Crippen LogP contribution < -0.4 is 5.32 Å². The van der Waals surface area contributed by atoms with Gasteiger partial charge in [-0.15, -0.1) is 11.8 Å². The summed E-state index contributed by atoms with van der Waals surface area (Å²) in [5.74, 6) is -0.907. The van der Waals surface area contributed by atoms with Crippen molar-refractivity contribution in [2.75, 3.05) is 18.8 Å². The third-order valence-corrected chi connectivity index (χ3v) is 6.07. The molecule has 1 aliphatic rings. The number of carbonyl (C=O) groups is 3. The van der Waals surface area contributed by atoms with Crippen molar-refractivity contribution in [1.29, 1.82) is 0 Å². The highest BCUT2D eigenvalue weighted by molar-refractivity contribution is 8.00. The van der Waals surface area contributed by atoms with Gasteiger partial charge in [-0.3, -0.25) is 19.1 Å². The number of carbonyl (C=O) groups excluding carboxylic acids is 3. The monoisotopic (exact) mass is 436 g/mol. The molecule has 1 N–H and O–H groups in total. The van der Waals surface area contributed by atoms with E-state index in [4.69, 9.17) is 16.3 Å². The van der Waals surface area contributed by atoms with Crippen LogP contribution in [-0.4, -0.2) is 51.3 Å². The molecule has 1 fully saturated rings. The Morgan fingerprint density at radius 1 is 1.34 bits per heavy atom. The van der Waals surface area contributed by atoms with Crippen molar-refractivity contribution in [3.63, 3.8) is 0 Å². The topological polar surface area (TPSA) is 93.5 Å². The summed E-state index contributed by atoms with van der Waals surface area (Å²) in [6.45, 7) is 1.51. The molecule has 0 radical (unpaired) electrons. The van der Waals surface area contributed by atoms with E-state index in [0.29, 0.717) is 10.8 Å². The Morgan fingerprint density at radius 3 is 2.72 bits per heavy atom. The molecule has 2 aromatic rings. The summed E-state index contributed by atoms with van der Waals surface area (Å²) >= 11 is 7.71. The van der Waals surface area contributed by atoms with Gasteiger partial charge in [-0.05, 0) is 12.5 Å². The first-order valence-electron chi connectivity index (χ1n) is 8.93. The van der Waals surface area contributed by atoms with E-state index in [1.165, 1.54) is 21.3 Å². The zero-order chi connectivity index (χ0) is 21.0. The van der Waals surface area contributed by atoms with Crippen molar-refractivity contribution in [3.8, 4) is 0 Å². The number of hydrogen-bond donors (Lipinski definition) is 1. The second-order valence-electron chi connectivity index (χ2n) is 6.52. The molecule has 3 rings (SSSR count). The van der Waals surface area contributed by atoms with Gasteiger partial charge in [0, 0.05) is 12.6 Å². The van der Waals surface area contributed by atoms with E-state index in [9.17, 15) is 14.4 Å². The van der Waals surface area contributed by atoms with Gasteiger partial charge in [-0.2, -0.15) is 5.10 Å². The summed E-state index contributed by atoms with van der Waals surface area (Å²) in [6.07, 6.45) is 0. The maximum atomic E-state index is 12.3. The van der Waals surface area contributed by atoms with Crippen LogP contribution in [0.1, 0.15) is 22.2 Å². The number of hydrogen-bond acceptors (Lipinski definition) is 6. The van der Waals surface area contributed by atoms with Gasteiger partial charge >= 0.3 is 5.97 Å². The molecule has 1 atom stereocenters. The lowest BCUT2D eigenvalue weighted by Crippen LogP contribution is -2.41. The number of thioether (sulfide) groups is 1. The van der Waals surface area contributed by atoms with Crippen molar-refractivity contribution in [2.24, 2.45) is 7.05 Å². The lowest BCUT2D eigenvalue weighted by molar-refractivity contribution is -0.145. The standard InChI is InChI=1S/C19H21ClN4O4S/c1-12-17(18(20)23(2)22-12)19-24(15(26)11-29-19)9-14(25)21-8-16(27)28-10-13-6-4-3-5-7-13/h3-7,19H,8-11H2,1-2H3,(H,21,25). The minimum atomic E-state index is -0.549. The molecule has 1 aliphatic heterocycles. The van der Waals surface area contributed by atoms with E-state index < -0.39 is 11.9 Å². The van der Waals surface area contributed by atoms with Crippen LogP contribution in [0.4, 0.5) is 0 Å². The van der Waals surface area contributed by atoms with E-state index in [2.05, 4.69) is 10.4 Å². The van der Waals surface area contributed by atoms with Crippen LogP contribution >= 0.6 is 23.4 Å². The Morgan fingerprint density at radius 2 is 2.07 bits per heavy atom. The Bertz CT molecular complexity index is 918. The fraction of sp³-hybridized carbons (Fsp3) is 0.368. The van der Waals surface area contributed by atoms with E-state index in [0.717, 1.165) is 11.1 Å². The summed E-state index contributed by atoms with van der Waals surface area (Å²) in [6, 6.07) is 9.25. The number of ether oxygens (including phenoxy) is 1. The van der Waals surface area contributed by atoms with Gasteiger partial charge in [0.15, 0.2) is 0 Å². The minimum Gasteiger partial charge on any atom is -0.460 e. The molecule has 1 saturated heterocycles. The molecule has 2 amide bonds. The second-order valence-corrected chi connectivity index (χ2v) is 7.95. The van der Waals surface area contributed by atoms with E-state index in [1.54, 1.807) is 7.05 Å². The highest BCUT2D eigenvalue weighted by atomic mass is 35.5. The number of esters is 1. The summed E-state index contributed by atoms with van der Waals surface area (Å²) in [5.41, 5.74) is 2.29. The molecule has 0 spiro atoms. The van der Waals surface area contributed by atoms with Crippen molar-refractivity contribution >= 4 is 41.1 Å². The predicted molar refractivity (Wildman–Crippen MR) is 109 cm³/mol. The number of rotatable bonds is 7. The Kier molecular flexibility index (Phi) is 6.81. The Hall–Kier alpha value is -2.52. The number of aryl methyl sites for hydroxylation is 2. The van der Waals surface area contributed by atoms with Crippen LogP contribution in [0.5, 0.6) is 0 Å². The predicted octanol–water partition coefficient (Wildman–Crippen LogP) is 1.82. The average molecular weight is 437 g/mol. The van der Waals surface area contributed by atoms with Crippen LogP contribution in [0, 0.1) is 6.92 Å². The SMILES string of the molecule is Cc1nn(C)c(Cl)c1C1SCC(=O)N1CC(=O)NCC(=O)OCc1ccccc1. The molecular formula is C19H21ClN4O4S. The van der Waals surface area contributed by atoms with Crippen LogP contribution in [0.3, 0.4) is 0 Å². The normalized spacial score (nSPS) is 16.2. The minimum absolute atomic E-state index is 0.137. The molecule has 1 aromatic carbocycles. The summed E-state index contributed by atoms with van der Waals surface area (Å²) in [4.78, 5) is 37.9. The Labute approximate surface area is 177 Å². The van der Waals surface area contributed by atoms with E-state index in [1.807, 2.05) is 37.3 Å². The van der Waals surface area contributed by atoms with Gasteiger partial charge in [0.25, 0.3) is 0 Å². The van der Waals surface area contributed by atoms with Crippen LogP contribution in [0.25, 0.3) is 0 Å². The molecule has 29 heavy (non-hydrogen) atoms. The van der Waals surface area contributed by atoms with Gasteiger partial charge in [0.05, 0.1) is 11.4 Å². The third-order valence-electron chi connectivity index (χ3n) is 4.40. The van der Waals surface area contributed by atoms with E-state index >= 15 is 0 Å². The van der Waals surface area contributed by atoms with Crippen molar-refractivity contribution in [3.05, 3.63) is 52.3 Å². The lowest BCUT2D eigenvalue weighted by atomic mass is 10.2. The first-order valence-corrected chi connectivity index (χ1v) is 10.4. The molecule has 0 saturated carbocycles. The fourth-order valence-electron chi connectivity index (χ4n) is 2.96. The first kappa shape index (κ1) is 21.2. The number of benzene rings is 1. The zero-order valence-corrected chi connectivity index (χ0v) is 17.6. The van der Waals surface area contributed by atoms with E-state index in [-0.39, 0.29) is 36.7 Å². The summed E-state index contributed by atoms with van der Waals surface area (Å²) in [7, 11) is 1.72. The van der Waals surface area contributed by atoms with Crippen molar-refractivity contribution in [1.82, 2.24) is 20.0 Å². The van der Waals surface area contributed by atoms with Crippen molar-refractivity contribution < 1.29 is 19.1 Å². The smallest absolute Gasteiger partial charge is 0.325 e. The van der Waals surface area contributed by atoms with Crippen LogP contribution in [0.15, 0.2) is 30.3 Å². The lowest BCUT2D eigenvalue weighted by Gasteiger charge is -2.23. The molecule has 10 heteroatoms. The summed E-state index contributed by atoms with van der Waals surface area (Å²) in [5, 5.41) is 6.82. The molecule has 154 valence electrons. The molecule has 8 nitrogen and oxygen atoms in total. The molecule has 0 bridgehead atoms. The largest absolute Gasteiger partial charge is 0.460 e. The average Bonchev–Trinajstić information content (AvgIpc) is 3.17. The number of nitrogens with zero attached hydrogens (tertiary/aromatic N) is 3. The van der Waals surface area contributed by atoms with Gasteiger partial charge < -0.3 is 15.0 Å². The maximum Gasteiger partial charge on any atom is 0.325 e. The quantitative estimate of drug-likeness (QED) is 0.665. The van der Waals surface area contributed by atoms with Gasteiger partial charge in [0.1, 0.15) is 30.2 Å². The van der Waals surface area contributed by atoms with Crippen LogP contribution in [0.2, 0.25) is 5.15 Å². The number of aromatic nitrogens is 2. The highest BCUT2D eigenvalue weighted by Crippen LogP contribution is 2.42. The van der Waals surface area contributed by atoms with Crippen molar-refractivity contribution in [2.45, 2.75) is 18.9 Å². The third kappa shape index (κ3) is 5.10. The number of amides is 2. The molecule has 2 heterocycles. The highest BCUT2D eigenvalue weighted by Gasteiger charge is 2.37. The zero-order valence-electron chi connectivity index (χ0n) is 16.1. The molecule has 1 unspecified atom stereocenters. The second kappa shape index (κ2) is 9.32. The van der Waals surface area contributed by atoms with Gasteiger partial charge in [-0.1, -0.05) is 41.9 Å². The first-order chi connectivity index (χ1) is 13.9. The maximum absolute atomic E-state index is 12.3. The number of halogens is 1. The Balaban J connectivity index is 1.53. The summed E-state index contributed by atoms with van der Waals surface area (Å²) < 4.78 is 6.67. The van der Waals surface area contributed by atoms with Gasteiger partial charge in [0.2, 0.25) is 11.8 Å².